The van der Waals surface area contributed by atoms with Crippen molar-refractivity contribution in [2.24, 2.45) is 4.99 Å². The van der Waals surface area contributed by atoms with E-state index in [4.69, 9.17) is 9.47 Å². The molecule has 0 spiro atoms. The van der Waals surface area contributed by atoms with Gasteiger partial charge < -0.3 is 20.1 Å². The molecule has 0 atom stereocenters. The van der Waals surface area contributed by atoms with Crippen molar-refractivity contribution in [3.8, 4) is 11.5 Å². The third kappa shape index (κ3) is 5.99. The largest absolute Gasteiger partial charge is 0.454 e. The number of halogens is 1. The summed E-state index contributed by atoms with van der Waals surface area (Å²) >= 11 is 0. The van der Waals surface area contributed by atoms with Crippen LogP contribution < -0.4 is 20.1 Å². The molecule has 0 aromatic heterocycles. The summed E-state index contributed by atoms with van der Waals surface area (Å²) in [5.74, 6) is 2.25. The number of rotatable bonds is 6. The second kappa shape index (κ2) is 9.97. The first-order valence-corrected chi connectivity index (χ1v) is 10.5. The first-order chi connectivity index (χ1) is 13.0. The summed E-state index contributed by atoms with van der Waals surface area (Å²) in [5.41, 5.74) is 2.12. The van der Waals surface area contributed by atoms with E-state index in [0.29, 0.717) is 23.9 Å². The maximum atomic E-state index is 11.5. The van der Waals surface area contributed by atoms with Crippen LogP contribution in [-0.2, 0) is 22.8 Å². The van der Waals surface area contributed by atoms with Crippen LogP contribution in [0.1, 0.15) is 11.1 Å². The number of sulfone groups is 1. The van der Waals surface area contributed by atoms with Crippen molar-refractivity contribution in [3.05, 3.63) is 53.6 Å². The first-order valence-electron chi connectivity index (χ1n) is 8.58. The van der Waals surface area contributed by atoms with Crippen LogP contribution in [0.2, 0.25) is 0 Å². The highest BCUT2D eigenvalue weighted by molar-refractivity contribution is 14.0. The predicted octanol–water partition coefficient (Wildman–Crippen LogP) is 2.34. The van der Waals surface area contributed by atoms with Crippen LogP contribution in [0.5, 0.6) is 11.5 Å². The van der Waals surface area contributed by atoms with Gasteiger partial charge in [0.2, 0.25) is 6.79 Å². The van der Waals surface area contributed by atoms with Crippen molar-refractivity contribution in [3.63, 3.8) is 0 Å². The van der Waals surface area contributed by atoms with E-state index >= 15 is 0 Å². The normalized spacial score (nSPS) is 13.0. The number of fused-ring (bicyclic) bond motifs is 1. The van der Waals surface area contributed by atoms with E-state index in [0.717, 1.165) is 29.0 Å². The molecule has 0 saturated carbocycles. The average Bonchev–Trinajstić information content (AvgIpc) is 3.12. The van der Waals surface area contributed by atoms with Gasteiger partial charge in [0.05, 0.1) is 4.90 Å². The van der Waals surface area contributed by atoms with Gasteiger partial charge in [-0.15, -0.1) is 24.0 Å². The molecule has 1 aliphatic rings. The molecule has 0 aliphatic carbocycles. The molecule has 0 radical (unpaired) electrons. The number of nitrogens with one attached hydrogen (secondary N) is 2. The Labute approximate surface area is 182 Å². The highest BCUT2D eigenvalue weighted by atomic mass is 127. The van der Waals surface area contributed by atoms with Gasteiger partial charge in [-0.1, -0.05) is 18.2 Å². The zero-order valence-corrected chi connectivity index (χ0v) is 18.9. The van der Waals surface area contributed by atoms with Gasteiger partial charge in [-0.3, -0.25) is 4.99 Å². The smallest absolute Gasteiger partial charge is 0.231 e. The molecule has 0 fully saturated rings. The summed E-state index contributed by atoms with van der Waals surface area (Å²) in [6.07, 6.45) is 2.02. The zero-order chi connectivity index (χ0) is 19.3. The van der Waals surface area contributed by atoms with E-state index in [2.05, 4.69) is 15.6 Å². The third-order valence-corrected chi connectivity index (χ3v) is 5.31. The SMILES string of the molecule is CN=C(NCCc1ccc2c(c1)OCO2)NCc1ccc(S(C)(=O)=O)cc1.I. The van der Waals surface area contributed by atoms with Crippen molar-refractivity contribution >= 4 is 39.8 Å². The Morgan fingerprint density at radius 2 is 1.71 bits per heavy atom. The minimum Gasteiger partial charge on any atom is -0.454 e. The fourth-order valence-corrected chi connectivity index (χ4v) is 3.31. The molecule has 152 valence electrons. The van der Waals surface area contributed by atoms with Crippen LogP contribution in [0.25, 0.3) is 0 Å². The summed E-state index contributed by atoms with van der Waals surface area (Å²) in [6.45, 7) is 1.54. The van der Waals surface area contributed by atoms with Gasteiger partial charge >= 0.3 is 0 Å². The van der Waals surface area contributed by atoms with Crippen molar-refractivity contribution in [2.45, 2.75) is 17.9 Å². The standard InChI is InChI=1S/C19H23N3O4S.HI/c1-20-19(22-12-15-3-6-16(7-4-15)27(2,23)24)21-10-9-14-5-8-17-18(11-14)26-13-25-17;/h3-8,11H,9-10,12-13H2,1-2H3,(H2,20,21,22);1H. The van der Waals surface area contributed by atoms with E-state index in [1.54, 1.807) is 31.3 Å². The lowest BCUT2D eigenvalue weighted by molar-refractivity contribution is 0.174. The fourth-order valence-electron chi connectivity index (χ4n) is 2.68. The van der Waals surface area contributed by atoms with Crippen LogP contribution in [0.15, 0.2) is 52.4 Å². The molecule has 0 unspecified atom stereocenters. The molecule has 2 N–H and O–H groups in total. The van der Waals surface area contributed by atoms with Gasteiger partial charge in [-0.2, -0.15) is 0 Å². The topological polar surface area (TPSA) is 89.0 Å². The van der Waals surface area contributed by atoms with Gasteiger partial charge in [-0.05, 0) is 41.8 Å². The van der Waals surface area contributed by atoms with Crippen molar-refractivity contribution in [1.29, 1.82) is 0 Å². The summed E-state index contributed by atoms with van der Waals surface area (Å²) in [6, 6.07) is 12.8. The molecule has 7 nitrogen and oxygen atoms in total. The lowest BCUT2D eigenvalue weighted by Crippen LogP contribution is -2.37. The molecule has 1 heterocycles. The summed E-state index contributed by atoms with van der Waals surface area (Å²) in [5, 5.41) is 6.48. The summed E-state index contributed by atoms with van der Waals surface area (Å²) in [7, 11) is -1.46. The van der Waals surface area contributed by atoms with Crippen LogP contribution in [0.4, 0.5) is 0 Å². The van der Waals surface area contributed by atoms with E-state index in [9.17, 15) is 8.42 Å². The maximum Gasteiger partial charge on any atom is 0.231 e. The van der Waals surface area contributed by atoms with Gasteiger partial charge in [0, 0.05) is 26.4 Å². The summed E-state index contributed by atoms with van der Waals surface area (Å²) in [4.78, 5) is 4.52. The molecule has 0 saturated heterocycles. The Bertz CT molecular complexity index is 931. The number of aliphatic imine (C=N–C) groups is 1. The van der Waals surface area contributed by atoms with Crippen LogP contribution in [-0.4, -0.2) is 41.0 Å². The van der Waals surface area contributed by atoms with E-state index in [1.807, 2.05) is 18.2 Å². The molecule has 3 rings (SSSR count). The minimum absolute atomic E-state index is 0. The lowest BCUT2D eigenvalue weighted by Gasteiger charge is -2.12. The van der Waals surface area contributed by atoms with E-state index in [-0.39, 0.29) is 30.8 Å². The Morgan fingerprint density at radius 3 is 2.39 bits per heavy atom. The molecular formula is C19H24IN3O4S. The Hall–Kier alpha value is -2.01. The van der Waals surface area contributed by atoms with Crippen molar-refractivity contribution in [1.82, 2.24) is 10.6 Å². The fraction of sp³-hybridized carbons (Fsp3) is 0.316. The molecule has 28 heavy (non-hydrogen) atoms. The Morgan fingerprint density at radius 1 is 1.04 bits per heavy atom. The van der Waals surface area contributed by atoms with Gasteiger partial charge in [0.15, 0.2) is 27.3 Å². The lowest BCUT2D eigenvalue weighted by atomic mass is 10.1. The number of hydrogen-bond acceptors (Lipinski definition) is 5. The highest BCUT2D eigenvalue weighted by Crippen LogP contribution is 2.32. The molecule has 0 bridgehead atoms. The monoisotopic (exact) mass is 517 g/mol. The maximum absolute atomic E-state index is 11.5. The van der Waals surface area contributed by atoms with Crippen molar-refractivity contribution < 1.29 is 17.9 Å². The zero-order valence-electron chi connectivity index (χ0n) is 15.8. The Balaban J connectivity index is 0.00000280. The molecule has 1 aliphatic heterocycles. The van der Waals surface area contributed by atoms with Crippen LogP contribution >= 0.6 is 24.0 Å². The molecule has 2 aromatic rings. The number of benzene rings is 2. The molecule has 9 heteroatoms. The number of hydrogen-bond donors (Lipinski definition) is 2. The number of guanidine groups is 1. The van der Waals surface area contributed by atoms with Gasteiger partial charge in [-0.25, -0.2) is 8.42 Å². The minimum atomic E-state index is -3.17. The molecular weight excluding hydrogens is 493 g/mol. The molecule has 0 amide bonds. The molecule has 2 aromatic carbocycles. The first kappa shape index (κ1) is 22.3. The van der Waals surface area contributed by atoms with E-state index < -0.39 is 9.84 Å². The van der Waals surface area contributed by atoms with Crippen molar-refractivity contribution in [2.75, 3.05) is 26.6 Å². The number of ether oxygens (including phenoxy) is 2. The van der Waals surface area contributed by atoms with E-state index in [1.165, 1.54) is 6.26 Å². The second-order valence-corrected chi connectivity index (χ2v) is 8.22. The van der Waals surface area contributed by atoms with Crippen LogP contribution in [0.3, 0.4) is 0 Å². The summed E-state index contributed by atoms with van der Waals surface area (Å²) < 4.78 is 33.7. The van der Waals surface area contributed by atoms with Gasteiger partial charge in [0.1, 0.15) is 0 Å². The third-order valence-electron chi connectivity index (χ3n) is 4.18. The van der Waals surface area contributed by atoms with Crippen LogP contribution in [0, 0.1) is 0 Å². The highest BCUT2D eigenvalue weighted by Gasteiger charge is 2.13. The second-order valence-electron chi connectivity index (χ2n) is 6.21. The van der Waals surface area contributed by atoms with Gasteiger partial charge in [0.25, 0.3) is 0 Å². The predicted molar refractivity (Wildman–Crippen MR) is 119 cm³/mol. The number of nitrogens with zero attached hydrogens (tertiary/aromatic N) is 1. The Kier molecular flexibility index (Phi) is 7.93. The quantitative estimate of drug-likeness (QED) is 0.348. The average molecular weight is 517 g/mol.